The van der Waals surface area contributed by atoms with Crippen LogP contribution in [0.2, 0.25) is 0 Å². The van der Waals surface area contributed by atoms with Gasteiger partial charge in [0.2, 0.25) is 0 Å². The van der Waals surface area contributed by atoms with Gasteiger partial charge in [0.05, 0.1) is 23.4 Å². The summed E-state index contributed by atoms with van der Waals surface area (Å²) >= 11 is 0. The van der Waals surface area contributed by atoms with Crippen molar-refractivity contribution in [2.75, 3.05) is 26.2 Å². The van der Waals surface area contributed by atoms with Crippen LogP contribution < -0.4 is 10.9 Å². The number of carbonyl (C=O) groups is 1. The Morgan fingerprint density at radius 2 is 2.11 bits per heavy atom. The van der Waals surface area contributed by atoms with E-state index in [2.05, 4.69) is 49.4 Å². The first-order valence-electron chi connectivity index (χ1n) is 9.57. The quantitative estimate of drug-likeness (QED) is 0.681. The molecule has 0 saturated carbocycles. The lowest BCUT2D eigenvalue weighted by molar-refractivity contribution is 0.0942. The largest absolute Gasteiger partial charge is 0.350 e. The molecule has 7 heteroatoms. The Morgan fingerprint density at radius 3 is 2.96 bits per heavy atom. The monoisotopic (exact) mass is 377 g/mol. The minimum atomic E-state index is -0.272. The van der Waals surface area contributed by atoms with Gasteiger partial charge in [0.1, 0.15) is 5.69 Å². The van der Waals surface area contributed by atoms with Crippen molar-refractivity contribution in [2.24, 2.45) is 5.92 Å². The average Bonchev–Trinajstić information content (AvgIpc) is 3.19. The number of amides is 1. The van der Waals surface area contributed by atoms with Crippen LogP contribution in [0.1, 0.15) is 22.5 Å². The van der Waals surface area contributed by atoms with E-state index in [4.69, 9.17) is 0 Å². The number of likely N-dealkylation sites (tertiary alicyclic amines) is 1. The second-order valence-electron chi connectivity index (χ2n) is 7.22. The van der Waals surface area contributed by atoms with Crippen molar-refractivity contribution in [1.29, 1.82) is 0 Å². The summed E-state index contributed by atoms with van der Waals surface area (Å²) in [6.45, 7) is 3.70. The van der Waals surface area contributed by atoms with Gasteiger partial charge in [0.15, 0.2) is 0 Å². The standard InChI is InChI=1S/C21H23N5O2/c27-20-17-10-18(22-12-19(17)24-14-25-20)21(28)23-11-16-7-9-26(13-16)8-6-15-4-2-1-3-5-15/h1-5,10,12,14,16H,6-9,11,13H2,(H,23,28)(H,24,25,27). The summed E-state index contributed by atoms with van der Waals surface area (Å²) in [6.07, 6.45) is 4.91. The highest BCUT2D eigenvalue weighted by atomic mass is 16.2. The molecule has 1 atom stereocenters. The van der Waals surface area contributed by atoms with Crippen molar-refractivity contribution in [2.45, 2.75) is 12.8 Å². The van der Waals surface area contributed by atoms with Gasteiger partial charge in [-0.15, -0.1) is 0 Å². The molecule has 3 heterocycles. The van der Waals surface area contributed by atoms with Crippen molar-refractivity contribution in [3.8, 4) is 0 Å². The highest BCUT2D eigenvalue weighted by Gasteiger charge is 2.23. The summed E-state index contributed by atoms with van der Waals surface area (Å²) < 4.78 is 0. The molecule has 1 aromatic carbocycles. The number of nitrogens with zero attached hydrogens (tertiary/aromatic N) is 3. The van der Waals surface area contributed by atoms with E-state index in [1.165, 1.54) is 24.2 Å². The molecular weight excluding hydrogens is 354 g/mol. The van der Waals surface area contributed by atoms with E-state index in [0.717, 1.165) is 32.5 Å². The highest BCUT2D eigenvalue weighted by Crippen LogP contribution is 2.16. The SMILES string of the molecule is O=C(NCC1CCN(CCc2ccccc2)C1)c1cc2c(=O)[nH]cnc2cn1. The Kier molecular flexibility index (Phi) is 5.43. The molecule has 2 N–H and O–H groups in total. The summed E-state index contributed by atoms with van der Waals surface area (Å²) in [7, 11) is 0. The normalized spacial score (nSPS) is 17.1. The molecule has 1 unspecified atom stereocenters. The molecule has 3 aromatic rings. The number of carbonyl (C=O) groups excluding carboxylic acids is 1. The molecule has 144 valence electrons. The van der Waals surface area contributed by atoms with E-state index in [0.29, 0.717) is 23.4 Å². The van der Waals surface area contributed by atoms with Gasteiger partial charge in [0.25, 0.3) is 11.5 Å². The average molecular weight is 377 g/mol. The number of fused-ring (bicyclic) bond motifs is 1. The van der Waals surface area contributed by atoms with Crippen molar-refractivity contribution in [1.82, 2.24) is 25.2 Å². The molecule has 1 amide bonds. The summed E-state index contributed by atoms with van der Waals surface area (Å²) in [5, 5.41) is 3.33. The van der Waals surface area contributed by atoms with E-state index in [1.54, 1.807) is 0 Å². The molecule has 2 aromatic heterocycles. The summed E-state index contributed by atoms with van der Waals surface area (Å²) in [6, 6.07) is 12.0. The summed E-state index contributed by atoms with van der Waals surface area (Å²) in [5.41, 5.74) is 1.80. The van der Waals surface area contributed by atoms with Gasteiger partial charge in [-0.05, 0) is 36.9 Å². The molecule has 0 bridgehead atoms. The third-order valence-corrected chi connectivity index (χ3v) is 5.24. The van der Waals surface area contributed by atoms with Crippen LogP contribution in [0.5, 0.6) is 0 Å². The van der Waals surface area contributed by atoms with E-state index in [9.17, 15) is 9.59 Å². The fourth-order valence-corrected chi connectivity index (χ4v) is 3.64. The summed E-state index contributed by atoms with van der Waals surface area (Å²) in [5.74, 6) is 0.179. The molecule has 0 radical (unpaired) electrons. The third kappa shape index (κ3) is 4.26. The van der Waals surface area contributed by atoms with Crippen LogP contribution >= 0.6 is 0 Å². The van der Waals surface area contributed by atoms with Gasteiger partial charge in [-0.1, -0.05) is 30.3 Å². The maximum Gasteiger partial charge on any atom is 0.269 e. The molecule has 0 aliphatic carbocycles. The zero-order chi connectivity index (χ0) is 19.3. The number of nitrogens with one attached hydrogen (secondary N) is 2. The first-order valence-corrected chi connectivity index (χ1v) is 9.57. The molecule has 1 aliphatic heterocycles. The number of pyridine rings is 1. The van der Waals surface area contributed by atoms with Gasteiger partial charge in [-0.2, -0.15) is 0 Å². The Hall–Kier alpha value is -3.06. The van der Waals surface area contributed by atoms with E-state index < -0.39 is 0 Å². The fraction of sp³-hybridized carbons (Fsp3) is 0.333. The van der Waals surface area contributed by atoms with Gasteiger partial charge in [0, 0.05) is 19.6 Å². The van der Waals surface area contributed by atoms with Crippen molar-refractivity contribution < 1.29 is 4.79 Å². The molecule has 1 saturated heterocycles. The number of benzene rings is 1. The van der Waals surface area contributed by atoms with E-state index >= 15 is 0 Å². The first kappa shape index (κ1) is 18.3. The zero-order valence-electron chi connectivity index (χ0n) is 15.6. The van der Waals surface area contributed by atoms with Crippen LogP contribution in [-0.4, -0.2) is 51.9 Å². The smallest absolute Gasteiger partial charge is 0.269 e. The molecular formula is C21H23N5O2. The second kappa shape index (κ2) is 8.31. The van der Waals surface area contributed by atoms with Crippen molar-refractivity contribution in [3.05, 3.63) is 70.5 Å². The Labute approximate surface area is 162 Å². The van der Waals surface area contributed by atoms with E-state index in [-0.39, 0.29) is 17.2 Å². The molecule has 28 heavy (non-hydrogen) atoms. The van der Waals surface area contributed by atoms with Crippen molar-refractivity contribution >= 4 is 16.8 Å². The number of hydrogen-bond acceptors (Lipinski definition) is 5. The van der Waals surface area contributed by atoms with Gasteiger partial charge >= 0.3 is 0 Å². The van der Waals surface area contributed by atoms with Crippen LogP contribution in [0.25, 0.3) is 10.9 Å². The van der Waals surface area contributed by atoms with Crippen LogP contribution in [0.3, 0.4) is 0 Å². The van der Waals surface area contributed by atoms with Crippen LogP contribution in [0, 0.1) is 5.92 Å². The minimum absolute atomic E-state index is 0.241. The molecule has 7 nitrogen and oxygen atoms in total. The number of aromatic nitrogens is 3. The maximum atomic E-state index is 12.4. The number of rotatable bonds is 6. The Morgan fingerprint density at radius 1 is 1.25 bits per heavy atom. The molecule has 1 fully saturated rings. The minimum Gasteiger partial charge on any atom is -0.350 e. The molecule has 0 spiro atoms. The lowest BCUT2D eigenvalue weighted by Gasteiger charge is -2.16. The first-order chi connectivity index (χ1) is 13.7. The number of hydrogen-bond donors (Lipinski definition) is 2. The Bertz CT molecular complexity index is 1020. The summed E-state index contributed by atoms with van der Waals surface area (Å²) in [4.78, 5) is 37.4. The van der Waals surface area contributed by atoms with E-state index in [1.807, 2.05) is 6.07 Å². The maximum absolute atomic E-state index is 12.4. The Balaban J connectivity index is 1.28. The van der Waals surface area contributed by atoms with Crippen LogP contribution in [0.15, 0.2) is 53.7 Å². The van der Waals surface area contributed by atoms with Gasteiger partial charge < -0.3 is 15.2 Å². The molecule has 1 aliphatic rings. The van der Waals surface area contributed by atoms with Crippen LogP contribution in [-0.2, 0) is 6.42 Å². The zero-order valence-corrected chi connectivity index (χ0v) is 15.6. The predicted molar refractivity (Wildman–Crippen MR) is 107 cm³/mol. The third-order valence-electron chi connectivity index (χ3n) is 5.24. The second-order valence-corrected chi connectivity index (χ2v) is 7.22. The van der Waals surface area contributed by atoms with Crippen molar-refractivity contribution in [3.63, 3.8) is 0 Å². The highest BCUT2D eigenvalue weighted by molar-refractivity contribution is 5.95. The van der Waals surface area contributed by atoms with Crippen LogP contribution in [0.4, 0.5) is 0 Å². The number of aromatic amines is 1. The fourth-order valence-electron chi connectivity index (χ4n) is 3.64. The lowest BCUT2D eigenvalue weighted by atomic mass is 10.1. The lowest BCUT2D eigenvalue weighted by Crippen LogP contribution is -2.32. The van der Waals surface area contributed by atoms with Gasteiger partial charge in [-0.3, -0.25) is 9.59 Å². The topological polar surface area (TPSA) is 91.0 Å². The molecule has 4 rings (SSSR count). The van der Waals surface area contributed by atoms with Gasteiger partial charge in [-0.25, -0.2) is 9.97 Å². The predicted octanol–water partition coefficient (Wildman–Crippen LogP) is 1.61. The number of H-pyrrole nitrogens is 1.